The summed E-state index contributed by atoms with van der Waals surface area (Å²) in [4.78, 5) is 42.6. The number of ketones is 2. The number of benzene rings is 2. The number of allylic oxidation sites excluding steroid dienone is 4. The molecule has 0 aromatic heterocycles. The van der Waals surface area contributed by atoms with Crippen LogP contribution in [0.15, 0.2) is 52.9 Å². The van der Waals surface area contributed by atoms with Gasteiger partial charge in [0.05, 0.1) is 10.0 Å². The molecule has 0 bridgehead atoms. The quantitative estimate of drug-likeness (QED) is 0.350. The minimum absolute atomic E-state index is 0.0505. The normalized spacial score (nSPS) is 19.8. The molecule has 0 spiro atoms. The third kappa shape index (κ3) is 6.01. The molecular weight excluding hydrogens is 583 g/mol. The fraction of sp³-hybridized carbons (Fsp3) is 0.457. The van der Waals surface area contributed by atoms with Gasteiger partial charge in [-0.15, -0.1) is 0 Å². The fourth-order valence-electron chi connectivity index (χ4n) is 6.86. The van der Waals surface area contributed by atoms with Crippen LogP contribution in [0.25, 0.3) is 0 Å². The van der Waals surface area contributed by atoms with Crippen molar-refractivity contribution in [3.05, 3.63) is 79.6 Å². The molecule has 1 aliphatic heterocycles. The van der Waals surface area contributed by atoms with Gasteiger partial charge in [0.1, 0.15) is 0 Å². The van der Waals surface area contributed by atoms with Crippen molar-refractivity contribution in [3.8, 4) is 5.75 Å². The number of aryl methyl sites for hydroxylation is 1. The number of hydrogen-bond donors (Lipinski definition) is 1. The number of Topliss-reactive ketones (excluding diaryl/α,β-unsaturated/α-hetero) is 2. The smallest absolute Gasteiger partial charge is 0.262 e. The minimum Gasteiger partial charge on any atom is -0.481 e. The van der Waals surface area contributed by atoms with Crippen molar-refractivity contribution in [1.29, 1.82) is 0 Å². The second-order valence-electron chi connectivity index (χ2n) is 13.7. The van der Waals surface area contributed by atoms with E-state index in [0.717, 1.165) is 35.4 Å². The van der Waals surface area contributed by atoms with Crippen LogP contribution in [-0.4, -0.2) is 35.5 Å². The molecule has 0 saturated carbocycles. The number of nitrogens with one attached hydrogen (secondary N) is 1. The summed E-state index contributed by atoms with van der Waals surface area (Å²) in [5.41, 5.74) is 6.39. The average molecular weight is 624 g/mol. The lowest BCUT2D eigenvalue weighted by atomic mass is 9.63. The first-order valence-corrected chi connectivity index (χ1v) is 15.7. The van der Waals surface area contributed by atoms with Crippen molar-refractivity contribution in [2.24, 2.45) is 10.8 Å². The summed E-state index contributed by atoms with van der Waals surface area (Å²) in [5.74, 6) is -0.613. The number of anilines is 1. The molecule has 43 heavy (non-hydrogen) atoms. The van der Waals surface area contributed by atoms with Gasteiger partial charge in [-0.2, -0.15) is 0 Å². The molecule has 2 aromatic rings. The van der Waals surface area contributed by atoms with Crippen molar-refractivity contribution in [2.75, 3.05) is 18.5 Å². The number of hydrogen-bond acceptors (Lipinski definition) is 5. The molecule has 5 rings (SSSR count). The van der Waals surface area contributed by atoms with E-state index in [1.807, 2.05) is 32.0 Å². The van der Waals surface area contributed by atoms with E-state index < -0.39 is 5.92 Å². The average Bonchev–Trinajstić information content (AvgIpc) is 2.88. The van der Waals surface area contributed by atoms with Crippen molar-refractivity contribution in [2.45, 2.75) is 80.1 Å². The summed E-state index contributed by atoms with van der Waals surface area (Å²) >= 11 is 13.5. The zero-order valence-corrected chi connectivity index (χ0v) is 27.6. The van der Waals surface area contributed by atoms with Crippen LogP contribution >= 0.6 is 23.2 Å². The molecule has 1 heterocycles. The zero-order valence-electron chi connectivity index (χ0n) is 26.0. The second kappa shape index (κ2) is 11.4. The summed E-state index contributed by atoms with van der Waals surface area (Å²) in [5, 5.41) is 3.31. The van der Waals surface area contributed by atoms with E-state index in [1.54, 1.807) is 12.1 Å². The molecule has 0 radical (unpaired) electrons. The van der Waals surface area contributed by atoms with E-state index in [4.69, 9.17) is 27.9 Å². The number of rotatable bonds is 6. The van der Waals surface area contributed by atoms with Crippen molar-refractivity contribution < 1.29 is 19.1 Å². The Morgan fingerprint density at radius 1 is 0.930 bits per heavy atom. The van der Waals surface area contributed by atoms with E-state index >= 15 is 0 Å². The Bertz CT molecular complexity index is 1520. The van der Waals surface area contributed by atoms with E-state index in [9.17, 15) is 14.4 Å². The lowest BCUT2D eigenvalue weighted by Crippen LogP contribution is -2.44. The molecular formula is C35H40Cl2N2O4. The van der Waals surface area contributed by atoms with Crippen LogP contribution in [-0.2, 0) is 14.4 Å². The van der Waals surface area contributed by atoms with E-state index in [0.29, 0.717) is 41.8 Å². The molecule has 0 atom stereocenters. The van der Waals surface area contributed by atoms with Gasteiger partial charge in [-0.1, -0.05) is 63.0 Å². The van der Waals surface area contributed by atoms with Gasteiger partial charge in [0.15, 0.2) is 23.9 Å². The van der Waals surface area contributed by atoms with Gasteiger partial charge in [-0.25, -0.2) is 0 Å². The molecule has 0 unspecified atom stereocenters. The van der Waals surface area contributed by atoms with Gasteiger partial charge < -0.3 is 15.0 Å². The molecule has 1 amide bonds. The van der Waals surface area contributed by atoms with E-state index in [2.05, 4.69) is 44.8 Å². The van der Waals surface area contributed by atoms with Crippen LogP contribution < -0.4 is 10.1 Å². The summed E-state index contributed by atoms with van der Waals surface area (Å²) < 4.78 is 5.82. The standard InChI is InChI=1S/C35H40Cl2N2O4/c1-8-39-25-14-34(4,5)16-27(40)31(25)30(32-26(39)15-35(6,7)17-28(32)41)21-12-22(36)33(23(37)13-21)43-18-29(42)38-24-11-9-10-19(2)20(24)3/h9-13,30H,8,14-18H2,1-7H3,(H,38,42). The lowest BCUT2D eigenvalue weighted by molar-refractivity contribution is -0.120. The predicted molar refractivity (Wildman–Crippen MR) is 172 cm³/mol. The molecule has 0 fully saturated rings. The summed E-state index contributed by atoms with van der Waals surface area (Å²) in [6.07, 6.45) is 2.28. The molecule has 0 saturated heterocycles. The van der Waals surface area contributed by atoms with Gasteiger partial charge in [0.25, 0.3) is 5.91 Å². The summed E-state index contributed by atoms with van der Waals surface area (Å²) in [7, 11) is 0. The molecule has 2 aliphatic carbocycles. The largest absolute Gasteiger partial charge is 0.481 e. The first-order valence-electron chi connectivity index (χ1n) is 14.9. The molecule has 2 aromatic carbocycles. The Balaban J connectivity index is 1.52. The highest BCUT2D eigenvalue weighted by Crippen LogP contribution is 2.55. The van der Waals surface area contributed by atoms with Gasteiger partial charge >= 0.3 is 0 Å². The van der Waals surface area contributed by atoms with E-state index in [1.165, 1.54) is 0 Å². The minimum atomic E-state index is -0.559. The zero-order chi connectivity index (χ0) is 31.4. The van der Waals surface area contributed by atoms with E-state index in [-0.39, 0.29) is 50.7 Å². The Hall–Kier alpha value is -3.09. The van der Waals surface area contributed by atoms with Crippen molar-refractivity contribution in [1.82, 2.24) is 4.90 Å². The Kier molecular flexibility index (Phi) is 8.34. The maximum Gasteiger partial charge on any atom is 0.262 e. The van der Waals surface area contributed by atoms with Gasteiger partial charge in [0.2, 0.25) is 0 Å². The maximum atomic E-state index is 13.9. The molecule has 6 nitrogen and oxygen atoms in total. The monoisotopic (exact) mass is 622 g/mol. The topological polar surface area (TPSA) is 75.7 Å². The Labute approximate surface area is 264 Å². The Morgan fingerprint density at radius 3 is 1.98 bits per heavy atom. The van der Waals surface area contributed by atoms with Gasteiger partial charge in [-0.3, -0.25) is 14.4 Å². The first kappa shape index (κ1) is 31.3. The Morgan fingerprint density at radius 2 is 1.47 bits per heavy atom. The second-order valence-corrected chi connectivity index (χ2v) is 14.5. The summed E-state index contributed by atoms with van der Waals surface area (Å²) in [6, 6.07) is 9.16. The molecule has 8 heteroatoms. The molecule has 3 aliphatic rings. The number of halogens is 2. The lowest BCUT2D eigenvalue weighted by Gasteiger charge is -2.49. The number of nitrogens with zero attached hydrogens (tertiary/aromatic N) is 1. The van der Waals surface area contributed by atoms with Crippen molar-refractivity contribution in [3.63, 3.8) is 0 Å². The SMILES string of the molecule is CCN1C2=C(C(=O)CC(C)(C)C2)C(c2cc(Cl)c(OCC(=O)Nc3cccc(C)c3C)c(Cl)c2)C2=C1CC(C)(C)CC2=O. The highest BCUT2D eigenvalue weighted by molar-refractivity contribution is 6.37. The van der Waals surface area contributed by atoms with Crippen LogP contribution in [0.2, 0.25) is 10.0 Å². The van der Waals surface area contributed by atoms with Crippen LogP contribution in [0.1, 0.15) is 82.9 Å². The highest BCUT2D eigenvalue weighted by Gasteiger charge is 2.48. The highest BCUT2D eigenvalue weighted by atomic mass is 35.5. The third-order valence-electron chi connectivity index (χ3n) is 8.92. The number of carbonyl (C=O) groups is 3. The molecule has 1 N–H and O–H groups in total. The predicted octanol–water partition coefficient (Wildman–Crippen LogP) is 8.33. The molecule has 228 valence electrons. The third-order valence-corrected chi connectivity index (χ3v) is 9.48. The van der Waals surface area contributed by atoms with Crippen LogP contribution in [0.4, 0.5) is 5.69 Å². The number of amides is 1. The van der Waals surface area contributed by atoms with Crippen LogP contribution in [0.3, 0.4) is 0 Å². The van der Waals surface area contributed by atoms with Crippen molar-refractivity contribution >= 4 is 46.4 Å². The first-order chi connectivity index (χ1) is 20.1. The number of carbonyl (C=O) groups excluding carboxylic acids is 3. The van der Waals surface area contributed by atoms with Crippen LogP contribution in [0.5, 0.6) is 5.75 Å². The maximum absolute atomic E-state index is 13.9. The van der Waals surface area contributed by atoms with Gasteiger partial charge in [0, 0.05) is 53.5 Å². The van der Waals surface area contributed by atoms with Crippen LogP contribution in [0, 0.1) is 24.7 Å². The summed E-state index contributed by atoms with van der Waals surface area (Å²) in [6.45, 7) is 14.9. The number of ether oxygens (including phenoxy) is 1. The fourth-order valence-corrected chi connectivity index (χ4v) is 7.47. The van der Waals surface area contributed by atoms with Gasteiger partial charge in [-0.05, 0) is 79.3 Å².